The highest BCUT2D eigenvalue weighted by Gasteiger charge is 2.08. The van der Waals surface area contributed by atoms with Crippen LogP contribution >= 0.6 is 15.9 Å². The van der Waals surface area contributed by atoms with Crippen LogP contribution in [0.3, 0.4) is 0 Å². The van der Waals surface area contributed by atoms with Crippen molar-refractivity contribution in [1.29, 1.82) is 0 Å². The van der Waals surface area contributed by atoms with E-state index in [0.29, 0.717) is 4.47 Å². The van der Waals surface area contributed by atoms with E-state index < -0.39 is 16.6 Å². The van der Waals surface area contributed by atoms with Gasteiger partial charge in [0, 0.05) is 10.5 Å². The Labute approximate surface area is 99.8 Å². The zero-order valence-electron chi connectivity index (χ0n) is 8.08. The highest BCUT2D eigenvalue weighted by molar-refractivity contribution is 9.10. The van der Waals surface area contributed by atoms with Crippen molar-refractivity contribution in [3.63, 3.8) is 0 Å². The number of anilines is 1. The van der Waals surface area contributed by atoms with Gasteiger partial charge in [-0.25, -0.2) is 8.42 Å². The normalized spacial score (nSPS) is 11.6. The smallest absolute Gasteiger partial charge is 0.387 e. The molecule has 0 bridgehead atoms. The molecule has 16 heavy (non-hydrogen) atoms. The number of hydrogen-bond acceptors (Lipinski definition) is 3. The van der Waals surface area contributed by atoms with E-state index in [1.165, 1.54) is 12.1 Å². The van der Waals surface area contributed by atoms with Gasteiger partial charge in [0.15, 0.2) is 0 Å². The Kier molecular flexibility index (Phi) is 4.09. The zero-order valence-corrected chi connectivity index (χ0v) is 10.5. The zero-order chi connectivity index (χ0) is 12.3. The summed E-state index contributed by atoms with van der Waals surface area (Å²) in [6, 6.07) is 3.90. The highest BCUT2D eigenvalue weighted by Crippen LogP contribution is 2.26. The Bertz CT molecular complexity index is 478. The number of nitrogens with one attached hydrogen (secondary N) is 1. The van der Waals surface area contributed by atoms with Gasteiger partial charge in [-0.3, -0.25) is 4.72 Å². The van der Waals surface area contributed by atoms with Gasteiger partial charge in [-0.15, -0.1) is 0 Å². The van der Waals surface area contributed by atoms with Gasteiger partial charge in [0.25, 0.3) is 0 Å². The van der Waals surface area contributed by atoms with Gasteiger partial charge in [0.1, 0.15) is 5.75 Å². The van der Waals surface area contributed by atoms with Gasteiger partial charge in [-0.05, 0) is 12.1 Å². The summed E-state index contributed by atoms with van der Waals surface area (Å²) < 4.78 is 52.5. The fourth-order valence-corrected chi connectivity index (χ4v) is 2.02. The third-order valence-electron chi connectivity index (χ3n) is 1.40. The molecule has 90 valence electrons. The quantitative estimate of drug-likeness (QED) is 0.928. The molecule has 0 aliphatic heterocycles. The van der Waals surface area contributed by atoms with Crippen LogP contribution in [0.25, 0.3) is 0 Å². The molecular weight excluding hydrogens is 308 g/mol. The lowest BCUT2D eigenvalue weighted by molar-refractivity contribution is -0.0498. The van der Waals surface area contributed by atoms with Crippen LogP contribution in [-0.2, 0) is 10.0 Å². The van der Waals surface area contributed by atoms with E-state index >= 15 is 0 Å². The molecule has 4 nitrogen and oxygen atoms in total. The molecule has 1 rings (SSSR count). The molecule has 0 heterocycles. The number of rotatable bonds is 4. The third kappa shape index (κ3) is 4.75. The molecule has 0 radical (unpaired) electrons. The van der Waals surface area contributed by atoms with E-state index in [2.05, 4.69) is 25.4 Å². The van der Waals surface area contributed by atoms with Crippen molar-refractivity contribution < 1.29 is 21.9 Å². The number of ether oxygens (including phenoxy) is 1. The number of sulfonamides is 1. The maximum atomic E-state index is 11.9. The topological polar surface area (TPSA) is 55.4 Å². The predicted molar refractivity (Wildman–Crippen MR) is 59.2 cm³/mol. The van der Waals surface area contributed by atoms with Crippen LogP contribution in [0.1, 0.15) is 0 Å². The maximum absolute atomic E-state index is 11.9. The molecule has 0 aliphatic rings. The molecule has 0 aromatic heterocycles. The molecule has 0 amide bonds. The Morgan fingerprint density at radius 1 is 1.38 bits per heavy atom. The van der Waals surface area contributed by atoms with E-state index in [1.807, 2.05) is 0 Å². The van der Waals surface area contributed by atoms with E-state index in [-0.39, 0.29) is 11.4 Å². The molecule has 1 aromatic carbocycles. The molecule has 0 atom stereocenters. The van der Waals surface area contributed by atoms with Crippen LogP contribution in [0.2, 0.25) is 0 Å². The fraction of sp³-hybridized carbons (Fsp3) is 0.250. The Morgan fingerprint density at radius 3 is 2.50 bits per heavy atom. The first kappa shape index (κ1) is 13.2. The van der Waals surface area contributed by atoms with Gasteiger partial charge in [-0.1, -0.05) is 15.9 Å². The van der Waals surface area contributed by atoms with E-state index in [1.54, 1.807) is 0 Å². The minimum absolute atomic E-state index is 0.129. The van der Waals surface area contributed by atoms with Crippen molar-refractivity contribution in [2.45, 2.75) is 6.61 Å². The summed E-state index contributed by atoms with van der Waals surface area (Å²) in [5.41, 5.74) is 0.146. The minimum Gasteiger partial charge on any atom is -0.435 e. The summed E-state index contributed by atoms with van der Waals surface area (Å²) in [6.07, 6.45) is 0.960. The summed E-state index contributed by atoms with van der Waals surface area (Å²) in [5.74, 6) is -0.129. The SMILES string of the molecule is CS(=O)(=O)Nc1cc(Br)cc(OC(F)F)c1. The monoisotopic (exact) mass is 315 g/mol. The van der Waals surface area contributed by atoms with Crippen molar-refractivity contribution in [1.82, 2.24) is 0 Å². The molecule has 0 fully saturated rings. The molecular formula is C8H8BrF2NO3S. The van der Waals surface area contributed by atoms with E-state index in [4.69, 9.17) is 0 Å². The van der Waals surface area contributed by atoms with Crippen LogP contribution in [0.5, 0.6) is 5.75 Å². The second kappa shape index (κ2) is 4.96. The largest absolute Gasteiger partial charge is 0.435 e. The van der Waals surface area contributed by atoms with E-state index in [0.717, 1.165) is 12.3 Å². The summed E-state index contributed by atoms with van der Waals surface area (Å²) in [7, 11) is -3.45. The van der Waals surface area contributed by atoms with Crippen LogP contribution in [0, 0.1) is 0 Å². The summed E-state index contributed by atoms with van der Waals surface area (Å²) in [4.78, 5) is 0. The molecule has 8 heteroatoms. The van der Waals surface area contributed by atoms with Crippen molar-refractivity contribution in [3.8, 4) is 5.75 Å². The van der Waals surface area contributed by atoms with Crippen LogP contribution in [0.15, 0.2) is 22.7 Å². The molecule has 0 saturated heterocycles. The molecule has 0 unspecified atom stereocenters. The van der Waals surface area contributed by atoms with Gasteiger partial charge >= 0.3 is 6.61 Å². The summed E-state index contributed by atoms with van der Waals surface area (Å²) >= 11 is 3.05. The molecule has 0 aliphatic carbocycles. The lowest BCUT2D eigenvalue weighted by Gasteiger charge is -2.08. The number of benzene rings is 1. The predicted octanol–water partition coefficient (Wildman–Crippen LogP) is 2.42. The van der Waals surface area contributed by atoms with Crippen LogP contribution in [0.4, 0.5) is 14.5 Å². The second-order valence-electron chi connectivity index (χ2n) is 2.93. The van der Waals surface area contributed by atoms with Gasteiger partial charge < -0.3 is 4.74 Å². The second-order valence-corrected chi connectivity index (χ2v) is 5.59. The first-order valence-corrected chi connectivity index (χ1v) is 6.68. The maximum Gasteiger partial charge on any atom is 0.387 e. The number of hydrogen-bond donors (Lipinski definition) is 1. The van der Waals surface area contributed by atoms with Crippen molar-refractivity contribution >= 4 is 31.6 Å². The minimum atomic E-state index is -3.45. The lowest BCUT2D eigenvalue weighted by Crippen LogP contribution is -2.10. The summed E-state index contributed by atoms with van der Waals surface area (Å²) in [5, 5.41) is 0. The molecule has 0 saturated carbocycles. The highest BCUT2D eigenvalue weighted by atomic mass is 79.9. The first-order chi connectivity index (χ1) is 7.26. The average molecular weight is 316 g/mol. The molecule has 0 spiro atoms. The van der Waals surface area contributed by atoms with Gasteiger partial charge in [0.2, 0.25) is 10.0 Å². The standard InChI is InChI=1S/C8H8BrF2NO3S/c1-16(13,14)12-6-2-5(9)3-7(4-6)15-8(10)11/h2-4,8,12H,1H3. The number of halogens is 3. The third-order valence-corrected chi connectivity index (χ3v) is 2.46. The van der Waals surface area contributed by atoms with Gasteiger partial charge in [-0.2, -0.15) is 8.78 Å². The summed E-state index contributed by atoms with van der Waals surface area (Å²) in [6.45, 7) is -2.96. The molecule has 1 N–H and O–H groups in total. The van der Waals surface area contributed by atoms with E-state index in [9.17, 15) is 17.2 Å². The van der Waals surface area contributed by atoms with Crippen molar-refractivity contribution in [2.75, 3.05) is 11.0 Å². The van der Waals surface area contributed by atoms with Crippen molar-refractivity contribution in [3.05, 3.63) is 22.7 Å². The first-order valence-electron chi connectivity index (χ1n) is 3.99. The average Bonchev–Trinajstić information content (AvgIpc) is 1.96. The fourth-order valence-electron chi connectivity index (χ4n) is 1.01. The van der Waals surface area contributed by atoms with Crippen molar-refractivity contribution in [2.24, 2.45) is 0 Å². The van der Waals surface area contributed by atoms with Crippen LogP contribution < -0.4 is 9.46 Å². The Hall–Kier alpha value is -0.890. The molecule has 1 aromatic rings. The van der Waals surface area contributed by atoms with Crippen LogP contribution in [-0.4, -0.2) is 21.3 Å². The van der Waals surface area contributed by atoms with Gasteiger partial charge in [0.05, 0.1) is 11.9 Å². The lowest BCUT2D eigenvalue weighted by atomic mass is 10.3. The number of alkyl halides is 2. The Morgan fingerprint density at radius 2 is 2.00 bits per heavy atom. The Balaban J connectivity index is 2.98.